The van der Waals surface area contributed by atoms with Crippen molar-refractivity contribution in [2.45, 2.75) is 74.3 Å². The van der Waals surface area contributed by atoms with E-state index < -0.39 is 0 Å². The Hall–Kier alpha value is -2.80. The van der Waals surface area contributed by atoms with Gasteiger partial charge in [-0.15, -0.1) is 12.8 Å². The molecule has 0 saturated carbocycles. The molecule has 0 unspecified atom stereocenters. The zero-order valence-electron chi connectivity index (χ0n) is 23.9. The van der Waals surface area contributed by atoms with Crippen LogP contribution in [0.25, 0.3) is 10.9 Å². The molecule has 1 aromatic carbocycles. The molecule has 0 atom stereocenters. The first-order chi connectivity index (χ1) is 17.0. The lowest BCUT2D eigenvalue weighted by molar-refractivity contribution is 0.627. The molecule has 35 heavy (non-hydrogen) atoms. The van der Waals surface area contributed by atoms with Gasteiger partial charge in [0.25, 0.3) is 0 Å². The van der Waals surface area contributed by atoms with Crippen molar-refractivity contribution in [3.8, 4) is 12.8 Å². The van der Waals surface area contributed by atoms with Gasteiger partial charge in [0.05, 0.1) is 0 Å². The minimum atomic E-state index is 0.641. The molecule has 0 fully saturated rings. The number of nitrogens with zero attached hydrogens (tertiary/aromatic N) is 1. The number of allylic oxidation sites excluding steroid dienone is 7. The molecule has 0 aliphatic rings. The Morgan fingerprint density at radius 1 is 1.03 bits per heavy atom. The van der Waals surface area contributed by atoms with Crippen LogP contribution in [0.5, 0.6) is 0 Å². The lowest BCUT2D eigenvalue weighted by atomic mass is 10.2. The van der Waals surface area contributed by atoms with Crippen molar-refractivity contribution in [1.29, 1.82) is 0 Å². The Labute approximate surface area is 217 Å². The van der Waals surface area contributed by atoms with Crippen LogP contribution in [0.2, 0.25) is 0 Å². The number of nitrogens with one attached hydrogen (secondary N) is 1. The average molecular weight is 480 g/mol. The number of terminal acetylenes is 1. The van der Waals surface area contributed by atoms with E-state index in [2.05, 4.69) is 92.2 Å². The second-order valence-electron chi connectivity index (χ2n) is 7.40. The van der Waals surface area contributed by atoms with Gasteiger partial charge in [0.2, 0.25) is 0 Å². The molecule has 2 rings (SSSR count). The third-order valence-electron chi connectivity index (χ3n) is 4.58. The highest BCUT2D eigenvalue weighted by molar-refractivity contribution is 5.83. The number of aryl methyl sites for hydroxylation is 2. The SMILES string of the molecule is C#C.C/C=C\CC.CC.CC\C=C/C=C\C=C(/C)CN.CNCCCn1cc(C)c2ccccc21. The Bertz CT molecular complexity index is 848. The number of aromatic nitrogens is 1. The van der Waals surface area contributed by atoms with Crippen LogP contribution >= 0.6 is 0 Å². The summed E-state index contributed by atoms with van der Waals surface area (Å²) in [6, 6.07) is 8.60. The Morgan fingerprint density at radius 3 is 2.17 bits per heavy atom. The van der Waals surface area contributed by atoms with Crippen LogP contribution in [0.15, 0.2) is 78.6 Å². The van der Waals surface area contributed by atoms with Crippen molar-refractivity contribution in [2.75, 3.05) is 20.1 Å². The number of hydrogen-bond donors (Lipinski definition) is 2. The monoisotopic (exact) mass is 479 g/mol. The van der Waals surface area contributed by atoms with E-state index in [-0.39, 0.29) is 0 Å². The van der Waals surface area contributed by atoms with Crippen molar-refractivity contribution in [2.24, 2.45) is 5.73 Å². The molecule has 0 aliphatic heterocycles. The maximum absolute atomic E-state index is 5.39. The molecule has 2 aromatic rings. The molecule has 0 spiro atoms. The van der Waals surface area contributed by atoms with E-state index in [4.69, 9.17) is 5.73 Å². The molecule has 3 heteroatoms. The lowest BCUT2D eigenvalue weighted by Crippen LogP contribution is -2.10. The quantitative estimate of drug-likeness (QED) is 0.165. The summed E-state index contributed by atoms with van der Waals surface area (Å²) < 4.78 is 2.35. The van der Waals surface area contributed by atoms with E-state index in [0.717, 1.165) is 25.9 Å². The van der Waals surface area contributed by atoms with Crippen LogP contribution in [0.3, 0.4) is 0 Å². The molecule has 196 valence electrons. The minimum Gasteiger partial charge on any atom is -0.347 e. The van der Waals surface area contributed by atoms with Crippen LogP contribution in [0.4, 0.5) is 0 Å². The number of rotatable bonds is 9. The summed E-state index contributed by atoms with van der Waals surface area (Å²) >= 11 is 0. The Balaban J connectivity index is -0.000000451. The van der Waals surface area contributed by atoms with E-state index in [9.17, 15) is 0 Å². The van der Waals surface area contributed by atoms with Crippen molar-refractivity contribution in [3.63, 3.8) is 0 Å². The van der Waals surface area contributed by atoms with Crippen molar-refractivity contribution in [3.05, 3.63) is 84.1 Å². The smallest absolute Gasteiger partial charge is 0.0483 e. The van der Waals surface area contributed by atoms with Crippen LogP contribution in [-0.4, -0.2) is 24.7 Å². The van der Waals surface area contributed by atoms with Crippen molar-refractivity contribution in [1.82, 2.24) is 9.88 Å². The van der Waals surface area contributed by atoms with Crippen molar-refractivity contribution < 1.29 is 0 Å². The number of para-hydroxylation sites is 1. The largest absolute Gasteiger partial charge is 0.347 e. The van der Waals surface area contributed by atoms with E-state index >= 15 is 0 Å². The van der Waals surface area contributed by atoms with E-state index in [1.54, 1.807) is 0 Å². The normalized spacial score (nSPS) is 10.7. The average Bonchev–Trinajstić information content (AvgIpc) is 3.23. The molecule has 0 radical (unpaired) electrons. The van der Waals surface area contributed by atoms with E-state index in [0.29, 0.717) is 6.54 Å². The van der Waals surface area contributed by atoms with Gasteiger partial charge in [-0.1, -0.05) is 94.0 Å². The van der Waals surface area contributed by atoms with E-state index in [1.165, 1.54) is 28.5 Å². The lowest BCUT2D eigenvalue weighted by Gasteiger charge is -2.04. The van der Waals surface area contributed by atoms with Gasteiger partial charge in [-0.3, -0.25) is 0 Å². The molecular formula is C32H53N3. The molecule has 0 aliphatic carbocycles. The number of benzene rings is 1. The minimum absolute atomic E-state index is 0.641. The van der Waals surface area contributed by atoms with Gasteiger partial charge in [-0.2, -0.15) is 0 Å². The third-order valence-corrected chi connectivity index (χ3v) is 4.58. The number of fused-ring (bicyclic) bond motifs is 1. The van der Waals surface area contributed by atoms with Gasteiger partial charge in [-0.25, -0.2) is 0 Å². The second-order valence-corrected chi connectivity index (χ2v) is 7.40. The second kappa shape index (κ2) is 29.2. The highest BCUT2D eigenvalue weighted by atomic mass is 15.0. The zero-order chi connectivity index (χ0) is 27.3. The summed E-state index contributed by atoms with van der Waals surface area (Å²) in [5.74, 6) is 0. The van der Waals surface area contributed by atoms with Gasteiger partial charge >= 0.3 is 0 Å². The van der Waals surface area contributed by atoms with Gasteiger partial charge in [-0.05, 0) is 65.3 Å². The molecule has 1 aromatic heterocycles. The zero-order valence-corrected chi connectivity index (χ0v) is 23.9. The number of hydrogen-bond acceptors (Lipinski definition) is 2. The fourth-order valence-corrected chi connectivity index (χ4v) is 2.84. The van der Waals surface area contributed by atoms with Gasteiger partial charge in [0.1, 0.15) is 0 Å². The summed E-state index contributed by atoms with van der Waals surface area (Å²) in [4.78, 5) is 0. The summed E-state index contributed by atoms with van der Waals surface area (Å²) in [6.07, 6.45) is 28.1. The maximum Gasteiger partial charge on any atom is 0.0483 e. The highest BCUT2D eigenvalue weighted by Gasteiger charge is 2.03. The highest BCUT2D eigenvalue weighted by Crippen LogP contribution is 2.20. The summed E-state index contributed by atoms with van der Waals surface area (Å²) in [5.41, 5.74) is 9.32. The molecule has 1 heterocycles. The Kier molecular flexibility index (Phi) is 30.7. The van der Waals surface area contributed by atoms with E-state index in [1.807, 2.05) is 59.0 Å². The molecular weight excluding hydrogens is 426 g/mol. The van der Waals surface area contributed by atoms with Crippen LogP contribution < -0.4 is 11.1 Å². The molecule has 0 saturated heterocycles. The first-order valence-corrected chi connectivity index (χ1v) is 12.9. The van der Waals surface area contributed by atoms with Crippen LogP contribution in [-0.2, 0) is 6.54 Å². The van der Waals surface area contributed by atoms with Crippen LogP contribution in [0, 0.1) is 19.8 Å². The fraction of sp³-hybridized carbons (Fsp3) is 0.438. The van der Waals surface area contributed by atoms with Crippen LogP contribution in [0.1, 0.15) is 66.4 Å². The summed E-state index contributed by atoms with van der Waals surface area (Å²) in [7, 11) is 2.00. The molecule has 3 nitrogen and oxygen atoms in total. The predicted octanol–water partition coefficient (Wildman–Crippen LogP) is 8.22. The first kappa shape index (κ1) is 36.8. The summed E-state index contributed by atoms with van der Waals surface area (Å²) in [6.45, 7) is 17.3. The summed E-state index contributed by atoms with van der Waals surface area (Å²) in [5, 5.41) is 4.56. The third kappa shape index (κ3) is 20.3. The topological polar surface area (TPSA) is 43.0 Å². The fourth-order valence-electron chi connectivity index (χ4n) is 2.84. The molecule has 3 N–H and O–H groups in total. The van der Waals surface area contributed by atoms with Gasteiger partial charge < -0.3 is 15.6 Å². The maximum atomic E-state index is 5.39. The molecule has 0 amide bonds. The van der Waals surface area contributed by atoms with Gasteiger partial charge in [0.15, 0.2) is 0 Å². The predicted molar refractivity (Wildman–Crippen MR) is 163 cm³/mol. The standard InChI is InChI=1S/C13H18N2.C10H17N.C5H10.C2H6.C2H2/c1-11-10-15(9-5-8-14-2)13-7-4-3-6-12(11)13;1-3-4-5-6-7-8-10(2)9-11;1-3-5-4-2;2*1-2/h3-4,6-7,10,14H,5,8-9H2,1-2H3;4-8H,3,9,11H2,1-2H3;3,5H,4H2,1-2H3;1-2H3;1-2H/b;5-4-,7-6-,10-8+;5-3-;;. The number of nitrogens with two attached hydrogens (primary N) is 1. The molecule has 0 bridgehead atoms. The van der Waals surface area contributed by atoms with Crippen molar-refractivity contribution >= 4 is 10.9 Å². The Morgan fingerprint density at radius 2 is 1.66 bits per heavy atom. The van der Waals surface area contributed by atoms with Gasteiger partial charge in [0, 0.05) is 30.2 Å². The first-order valence-electron chi connectivity index (χ1n) is 12.9.